The molecular weight excluding hydrogens is 744 g/mol. The Morgan fingerprint density at radius 2 is 1.00 bits per heavy atom. The monoisotopic (exact) mass is 784 g/mol. The van der Waals surface area contributed by atoms with Gasteiger partial charge in [0.15, 0.2) is 0 Å². The first-order valence-electron chi connectivity index (χ1n) is 19.5. The molecule has 0 bridgehead atoms. The van der Waals surface area contributed by atoms with Gasteiger partial charge in [-0.15, -0.1) is 0 Å². The largest absolute Gasteiger partial charge is 0.0351 e. The van der Waals surface area contributed by atoms with Crippen LogP contribution in [0.25, 0.3) is 51.6 Å². The molecule has 56 heavy (non-hydrogen) atoms. The van der Waals surface area contributed by atoms with E-state index in [1.165, 1.54) is 90.9 Å². The van der Waals surface area contributed by atoms with E-state index in [0.717, 1.165) is 17.1 Å². The van der Waals surface area contributed by atoms with Crippen LogP contribution in [0.4, 0.5) is 34.1 Å². The Hall–Kier alpha value is -6.12. The molecular formula is C53H40N2Se. The molecule has 3 heteroatoms. The molecule has 0 radical (unpaired) electrons. The van der Waals surface area contributed by atoms with E-state index in [1.807, 2.05) is 0 Å². The minimum atomic E-state index is -0.149. The van der Waals surface area contributed by atoms with Crippen molar-refractivity contribution in [3.63, 3.8) is 0 Å². The number of para-hydroxylation sites is 1. The maximum Gasteiger partial charge on any atom is -0.0351 e. The van der Waals surface area contributed by atoms with E-state index in [4.69, 9.17) is 0 Å². The Kier molecular flexibility index (Phi) is 7.39. The van der Waals surface area contributed by atoms with E-state index in [-0.39, 0.29) is 19.9 Å². The number of benzene rings is 9. The molecule has 0 atom stereocenters. The second kappa shape index (κ2) is 12.4. The normalized spacial score (nSPS) is 13.5. The smallest absolute Gasteiger partial charge is 0.0351 e. The van der Waals surface area contributed by atoms with Crippen molar-refractivity contribution in [2.45, 2.75) is 33.1 Å². The van der Waals surface area contributed by atoms with Crippen molar-refractivity contribution in [2.24, 2.45) is 0 Å². The molecule has 0 saturated carbocycles. The molecule has 0 unspecified atom stereocenters. The van der Waals surface area contributed by atoms with Crippen molar-refractivity contribution in [1.29, 1.82) is 0 Å². The van der Waals surface area contributed by atoms with Crippen LogP contribution in [0.2, 0.25) is 0 Å². The van der Waals surface area contributed by atoms with E-state index in [2.05, 4.69) is 207 Å². The van der Waals surface area contributed by atoms with Crippen molar-refractivity contribution in [2.75, 3.05) is 9.80 Å². The summed E-state index contributed by atoms with van der Waals surface area (Å²) in [7, 11) is 0. The summed E-state index contributed by atoms with van der Waals surface area (Å²) < 4.78 is 2.95. The van der Waals surface area contributed by atoms with Gasteiger partial charge in [0.05, 0.1) is 0 Å². The Morgan fingerprint density at radius 1 is 0.411 bits per heavy atom. The summed E-state index contributed by atoms with van der Waals surface area (Å²) in [5.41, 5.74) is 12.3. The van der Waals surface area contributed by atoms with Crippen LogP contribution in [0.5, 0.6) is 0 Å². The number of hydrogen-bond donors (Lipinski definition) is 0. The van der Waals surface area contributed by atoms with Crippen molar-refractivity contribution in [1.82, 2.24) is 0 Å². The predicted octanol–water partition coefficient (Wildman–Crippen LogP) is 14.7. The third kappa shape index (κ3) is 5.01. The van der Waals surface area contributed by atoms with Gasteiger partial charge in [0.2, 0.25) is 0 Å². The molecule has 0 N–H and O–H groups in total. The van der Waals surface area contributed by atoms with Gasteiger partial charge in [-0.1, -0.05) is 24.3 Å². The topological polar surface area (TPSA) is 6.48 Å². The summed E-state index contributed by atoms with van der Waals surface area (Å²) >= 11 is 0.277. The van der Waals surface area contributed by atoms with Crippen LogP contribution in [0.15, 0.2) is 170 Å². The van der Waals surface area contributed by atoms with E-state index < -0.39 is 0 Å². The van der Waals surface area contributed by atoms with Crippen molar-refractivity contribution < 1.29 is 0 Å². The van der Waals surface area contributed by atoms with Crippen LogP contribution < -0.4 is 9.80 Å². The summed E-state index contributed by atoms with van der Waals surface area (Å²) in [6, 6.07) is 63.9. The average molecular weight is 784 g/mol. The molecule has 0 aliphatic carbocycles. The summed E-state index contributed by atoms with van der Waals surface area (Å²) in [6.07, 6.45) is 0. The van der Waals surface area contributed by atoms with Crippen LogP contribution >= 0.6 is 0 Å². The molecule has 1 aromatic heterocycles. The minimum absolute atomic E-state index is 0.149. The average Bonchev–Trinajstić information content (AvgIpc) is 3.58. The van der Waals surface area contributed by atoms with E-state index in [9.17, 15) is 0 Å². The number of rotatable bonds is 4. The Morgan fingerprint density at radius 3 is 1.71 bits per heavy atom. The molecule has 1 aliphatic heterocycles. The van der Waals surface area contributed by atoms with E-state index in [0.29, 0.717) is 0 Å². The van der Waals surface area contributed by atoms with Gasteiger partial charge in [0.25, 0.3) is 0 Å². The van der Waals surface area contributed by atoms with Gasteiger partial charge >= 0.3 is 245 Å². The van der Waals surface area contributed by atoms with Crippen molar-refractivity contribution >= 4 is 100 Å². The summed E-state index contributed by atoms with van der Waals surface area (Å²) in [5, 5.41) is 10.4. The van der Waals surface area contributed by atoms with Crippen LogP contribution in [0.3, 0.4) is 0 Å². The zero-order valence-electron chi connectivity index (χ0n) is 32.0. The Balaban J connectivity index is 1.14. The fraction of sp³-hybridized carbons (Fsp3) is 0.0943. The molecule has 0 amide bonds. The van der Waals surface area contributed by atoms with Gasteiger partial charge in [-0.25, -0.2) is 0 Å². The fourth-order valence-electron chi connectivity index (χ4n) is 9.39. The first-order valence-corrected chi connectivity index (χ1v) is 21.2. The van der Waals surface area contributed by atoms with Gasteiger partial charge in [0.1, 0.15) is 0 Å². The first kappa shape index (κ1) is 33.2. The second-order valence-electron chi connectivity index (χ2n) is 16.0. The molecule has 2 heterocycles. The maximum absolute atomic E-state index is 2.54. The molecule has 2 nitrogen and oxygen atoms in total. The number of anilines is 6. The zero-order valence-corrected chi connectivity index (χ0v) is 33.7. The predicted molar refractivity (Wildman–Crippen MR) is 242 cm³/mol. The molecule has 0 fully saturated rings. The SMILES string of the molecule is Cc1cccc(N(c2cccc(C)c2)c2ccc3c4ccc(N5c6ccccc6C(C)(C)c6cc7c(cc65)[se]c5ccccc57)cc4c4ccccc4c3c2)c1. The van der Waals surface area contributed by atoms with Crippen molar-refractivity contribution in [3.05, 3.63) is 192 Å². The molecule has 9 aromatic carbocycles. The minimum Gasteiger partial charge on any atom is -0.0351 e. The summed E-state index contributed by atoms with van der Waals surface area (Å²) in [4.78, 5) is 4.93. The quantitative estimate of drug-likeness (QED) is 0.130. The Bertz CT molecular complexity index is 3160. The summed E-state index contributed by atoms with van der Waals surface area (Å²) in [5.74, 6) is 0. The number of hydrogen-bond acceptors (Lipinski definition) is 2. The van der Waals surface area contributed by atoms with E-state index >= 15 is 0 Å². The van der Waals surface area contributed by atoms with Gasteiger partial charge < -0.3 is 4.90 Å². The number of nitrogens with zero attached hydrogens (tertiary/aromatic N) is 2. The molecule has 11 rings (SSSR count). The van der Waals surface area contributed by atoms with Gasteiger partial charge in [-0.2, -0.15) is 0 Å². The van der Waals surface area contributed by atoms with Crippen LogP contribution in [0.1, 0.15) is 36.1 Å². The fourth-order valence-corrected chi connectivity index (χ4v) is 11.7. The maximum atomic E-state index is 2.54. The number of aryl methyl sites for hydroxylation is 2. The van der Waals surface area contributed by atoms with E-state index in [1.54, 1.807) is 0 Å². The molecule has 268 valence electrons. The zero-order chi connectivity index (χ0) is 37.7. The van der Waals surface area contributed by atoms with Crippen molar-refractivity contribution in [3.8, 4) is 0 Å². The standard InChI is InChI=1S/C53H40N2Se/c1-33-13-11-15-35(27-33)54(36-16-12-14-34(2)28-36)37-23-25-41-42-26-24-38(30-45(42)40-18-6-5-17-39(40)44(41)29-37)55-49-21-9-8-20-47(49)53(3,4)48-31-46-43-19-7-10-22-51(43)56-52(46)32-50(48)55/h5-32H,1-4H3. The van der Waals surface area contributed by atoms with Gasteiger partial charge in [-0.3, -0.25) is 0 Å². The Labute approximate surface area is 333 Å². The molecule has 0 spiro atoms. The van der Waals surface area contributed by atoms with Gasteiger partial charge in [-0.05, 0) is 49.2 Å². The van der Waals surface area contributed by atoms with Crippen LogP contribution in [-0.2, 0) is 5.41 Å². The molecule has 0 saturated heterocycles. The first-order chi connectivity index (χ1) is 27.3. The third-order valence-corrected chi connectivity index (χ3v) is 14.4. The summed E-state index contributed by atoms with van der Waals surface area (Å²) in [6.45, 7) is 9.13. The van der Waals surface area contributed by atoms with Gasteiger partial charge in [0, 0.05) is 11.4 Å². The third-order valence-electron chi connectivity index (χ3n) is 12.1. The van der Waals surface area contributed by atoms with Crippen LogP contribution in [-0.4, -0.2) is 14.5 Å². The second-order valence-corrected chi connectivity index (χ2v) is 18.2. The molecule has 10 aromatic rings. The molecule has 1 aliphatic rings. The van der Waals surface area contributed by atoms with Crippen LogP contribution in [0, 0.1) is 13.8 Å². The number of fused-ring (bicyclic) bond motifs is 11.